The summed E-state index contributed by atoms with van der Waals surface area (Å²) >= 11 is 7.75. The Balaban J connectivity index is 1.40. The van der Waals surface area contributed by atoms with Gasteiger partial charge in [-0.1, -0.05) is 48.0 Å². The van der Waals surface area contributed by atoms with Crippen molar-refractivity contribution in [2.24, 2.45) is 0 Å². The number of aromatic nitrogens is 5. The van der Waals surface area contributed by atoms with E-state index in [4.69, 9.17) is 11.6 Å². The molecule has 0 saturated carbocycles. The van der Waals surface area contributed by atoms with E-state index in [1.54, 1.807) is 11.8 Å². The van der Waals surface area contributed by atoms with Crippen LogP contribution in [-0.2, 0) is 12.3 Å². The van der Waals surface area contributed by atoms with Crippen LogP contribution in [0.25, 0.3) is 11.3 Å². The van der Waals surface area contributed by atoms with Crippen LogP contribution >= 0.6 is 23.4 Å². The molecule has 0 unspecified atom stereocenters. The van der Waals surface area contributed by atoms with E-state index in [0.29, 0.717) is 10.8 Å². The summed E-state index contributed by atoms with van der Waals surface area (Å²) in [7, 11) is 0. The zero-order valence-electron chi connectivity index (χ0n) is 16.6. The fraction of sp³-hybridized carbons (Fsp3) is 0.318. The predicted molar refractivity (Wildman–Crippen MR) is 120 cm³/mol. The molecule has 3 aromatic heterocycles. The van der Waals surface area contributed by atoms with Gasteiger partial charge in [-0.2, -0.15) is 0 Å². The average Bonchev–Trinajstić information content (AvgIpc) is 3.36. The van der Waals surface area contributed by atoms with Crippen molar-refractivity contribution >= 4 is 29.0 Å². The monoisotopic (exact) mass is 438 g/mol. The van der Waals surface area contributed by atoms with Crippen LogP contribution in [0.15, 0.2) is 60.0 Å². The minimum absolute atomic E-state index is 0.699. The molecular weight excluding hydrogens is 416 g/mol. The summed E-state index contributed by atoms with van der Waals surface area (Å²) < 4.78 is 4.15. The second-order valence-electron chi connectivity index (χ2n) is 7.54. The van der Waals surface area contributed by atoms with Gasteiger partial charge in [-0.3, -0.25) is 9.47 Å². The highest BCUT2D eigenvalue weighted by molar-refractivity contribution is 7.98. The molecule has 0 amide bonds. The Bertz CT molecular complexity index is 1130. The van der Waals surface area contributed by atoms with E-state index >= 15 is 0 Å². The lowest BCUT2D eigenvalue weighted by Crippen LogP contribution is -2.30. The normalized spacial score (nSPS) is 15.1. The first-order valence-corrected chi connectivity index (χ1v) is 11.6. The van der Waals surface area contributed by atoms with Crippen LogP contribution in [0.1, 0.15) is 30.8 Å². The predicted octanol–water partition coefficient (Wildman–Crippen LogP) is 4.85. The van der Waals surface area contributed by atoms with E-state index in [1.165, 1.54) is 19.3 Å². The van der Waals surface area contributed by atoms with Gasteiger partial charge in [0.15, 0.2) is 11.0 Å². The van der Waals surface area contributed by atoms with Crippen LogP contribution in [0.4, 0.5) is 0 Å². The maximum absolute atomic E-state index is 6.09. The third-order valence-electron chi connectivity index (χ3n) is 5.34. The third kappa shape index (κ3) is 4.24. The van der Waals surface area contributed by atoms with Crippen LogP contribution in [0, 0.1) is 0 Å². The van der Waals surface area contributed by atoms with Crippen molar-refractivity contribution in [2.75, 3.05) is 13.1 Å². The van der Waals surface area contributed by atoms with Crippen LogP contribution in [0.2, 0.25) is 5.02 Å². The van der Waals surface area contributed by atoms with E-state index in [2.05, 4.69) is 48.9 Å². The molecule has 154 valence electrons. The van der Waals surface area contributed by atoms with E-state index < -0.39 is 0 Å². The lowest BCUT2D eigenvalue weighted by Gasteiger charge is -2.26. The van der Waals surface area contributed by atoms with Gasteiger partial charge in [0.1, 0.15) is 5.65 Å². The number of pyridine rings is 1. The third-order valence-corrected chi connectivity index (χ3v) is 6.53. The second kappa shape index (κ2) is 8.79. The second-order valence-corrected chi connectivity index (χ2v) is 8.92. The average molecular weight is 439 g/mol. The van der Waals surface area contributed by atoms with Crippen molar-refractivity contribution in [3.05, 3.63) is 71.4 Å². The Morgan fingerprint density at radius 3 is 2.60 bits per heavy atom. The number of rotatable bonds is 6. The SMILES string of the molecule is Clc1ccc2nc(CSc3nnc(CN4CCCCC4)n3-c3ccccc3)cn2c1. The van der Waals surface area contributed by atoms with Gasteiger partial charge >= 0.3 is 0 Å². The summed E-state index contributed by atoms with van der Waals surface area (Å²) in [4.78, 5) is 7.17. The van der Waals surface area contributed by atoms with Crippen LogP contribution in [-0.4, -0.2) is 42.1 Å². The zero-order valence-corrected chi connectivity index (χ0v) is 18.2. The number of imidazole rings is 1. The van der Waals surface area contributed by atoms with Crippen molar-refractivity contribution in [2.45, 2.75) is 36.7 Å². The van der Waals surface area contributed by atoms with Crippen molar-refractivity contribution in [3.8, 4) is 5.69 Å². The molecule has 0 atom stereocenters. The zero-order chi connectivity index (χ0) is 20.3. The van der Waals surface area contributed by atoms with Gasteiger partial charge in [0, 0.05) is 23.8 Å². The molecule has 0 spiro atoms. The smallest absolute Gasteiger partial charge is 0.196 e. The summed E-state index contributed by atoms with van der Waals surface area (Å²) in [5.74, 6) is 1.71. The van der Waals surface area contributed by atoms with E-state index in [9.17, 15) is 0 Å². The molecule has 8 heteroatoms. The first-order valence-electron chi connectivity index (χ1n) is 10.2. The molecule has 0 N–H and O–H groups in total. The summed E-state index contributed by atoms with van der Waals surface area (Å²) in [5, 5.41) is 10.7. The van der Waals surface area contributed by atoms with E-state index in [1.807, 2.05) is 35.0 Å². The maximum Gasteiger partial charge on any atom is 0.196 e. The van der Waals surface area contributed by atoms with E-state index in [0.717, 1.165) is 47.6 Å². The fourth-order valence-electron chi connectivity index (χ4n) is 3.88. The number of nitrogens with zero attached hydrogens (tertiary/aromatic N) is 6. The molecule has 1 aliphatic heterocycles. The molecule has 1 fully saturated rings. The Kier molecular flexibility index (Phi) is 5.75. The Labute approximate surface area is 184 Å². The minimum atomic E-state index is 0.699. The summed E-state index contributed by atoms with van der Waals surface area (Å²) in [6.45, 7) is 3.09. The molecule has 1 aliphatic rings. The Morgan fingerprint density at radius 2 is 1.77 bits per heavy atom. The molecule has 5 rings (SSSR count). The summed E-state index contributed by atoms with van der Waals surface area (Å²) in [6.07, 6.45) is 7.75. The number of hydrogen-bond acceptors (Lipinski definition) is 5. The number of hydrogen-bond donors (Lipinski definition) is 0. The maximum atomic E-state index is 6.09. The highest BCUT2D eigenvalue weighted by Gasteiger charge is 2.19. The largest absolute Gasteiger partial charge is 0.305 e. The number of thioether (sulfide) groups is 1. The van der Waals surface area contributed by atoms with Gasteiger partial charge in [-0.25, -0.2) is 4.98 Å². The first-order chi connectivity index (χ1) is 14.8. The number of likely N-dealkylation sites (tertiary alicyclic amines) is 1. The lowest BCUT2D eigenvalue weighted by molar-refractivity contribution is 0.214. The van der Waals surface area contributed by atoms with Crippen LogP contribution in [0.3, 0.4) is 0 Å². The molecule has 6 nitrogen and oxygen atoms in total. The highest BCUT2D eigenvalue weighted by Crippen LogP contribution is 2.26. The highest BCUT2D eigenvalue weighted by atomic mass is 35.5. The molecule has 30 heavy (non-hydrogen) atoms. The number of benzene rings is 1. The van der Waals surface area contributed by atoms with Crippen LogP contribution < -0.4 is 0 Å². The lowest BCUT2D eigenvalue weighted by atomic mass is 10.1. The molecule has 0 bridgehead atoms. The van der Waals surface area contributed by atoms with Crippen molar-refractivity contribution in [1.82, 2.24) is 29.0 Å². The van der Waals surface area contributed by atoms with Gasteiger partial charge < -0.3 is 4.40 Å². The molecule has 1 saturated heterocycles. The molecular formula is C22H23ClN6S. The minimum Gasteiger partial charge on any atom is -0.305 e. The molecule has 0 radical (unpaired) electrons. The van der Waals surface area contributed by atoms with Gasteiger partial charge in [0.2, 0.25) is 0 Å². The van der Waals surface area contributed by atoms with Gasteiger partial charge in [-0.15, -0.1) is 10.2 Å². The van der Waals surface area contributed by atoms with E-state index in [-0.39, 0.29) is 0 Å². The fourth-order valence-corrected chi connectivity index (χ4v) is 4.90. The summed E-state index contributed by atoms with van der Waals surface area (Å²) in [5.41, 5.74) is 2.98. The quantitative estimate of drug-likeness (QED) is 0.403. The number of piperidine rings is 1. The van der Waals surface area contributed by atoms with Crippen molar-refractivity contribution in [1.29, 1.82) is 0 Å². The summed E-state index contributed by atoms with van der Waals surface area (Å²) in [6, 6.07) is 14.2. The first kappa shape index (κ1) is 19.6. The Hall–Kier alpha value is -2.35. The molecule has 4 aromatic rings. The van der Waals surface area contributed by atoms with Gasteiger partial charge in [0.25, 0.3) is 0 Å². The Morgan fingerprint density at radius 1 is 0.933 bits per heavy atom. The van der Waals surface area contributed by atoms with Crippen LogP contribution in [0.5, 0.6) is 0 Å². The number of fused-ring (bicyclic) bond motifs is 1. The number of halogens is 1. The molecule has 4 heterocycles. The molecule has 0 aliphatic carbocycles. The van der Waals surface area contributed by atoms with Gasteiger partial charge in [0.05, 0.1) is 17.3 Å². The standard InChI is InChI=1S/C22H23ClN6S/c23-17-9-10-20-24-18(14-28(20)13-17)16-30-22-26-25-21(15-27-11-5-2-6-12-27)29(22)19-7-3-1-4-8-19/h1,3-4,7-10,13-14H,2,5-6,11-12,15-16H2. The van der Waals surface area contributed by atoms with Crippen molar-refractivity contribution < 1.29 is 0 Å². The van der Waals surface area contributed by atoms with Crippen molar-refractivity contribution in [3.63, 3.8) is 0 Å². The molecule has 1 aromatic carbocycles. The van der Waals surface area contributed by atoms with Gasteiger partial charge in [-0.05, 0) is 50.2 Å². The topological polar surface area (TPSA) is 51.2 Å². The number of para-hydroxylation sites is 1.